The average Bonchev–Trinajstić information content (AvgIpc) is 3.26. The number of aromatic hydroxyl groups is 1. The number of nitro benzene ring substituents is 3. The number of phenols is 1. The normalized spacial score (nSPS) is 9.58. The van der Waals surface area contributed by atoms with Gasteiger partial charge >= 0.3 is 35.8 Å². The predicted molar refractivity (Wildman–Crippen MR) is 213 cm³/mol. The molecule has 0 spiro atoms. The van der Waals surface area contributed by atoms with E-state index >= 15 is 0 Å². The zero-order chi connectivity index (χ0) is 48.3. The number of hydrogen-bond donors (Lipinski definition) is 2. The number of esters is 5. The number of non-ortho nitro benzene ring substituents is 3. The van der Waals surface area contributed by atoms with E-state index in [1.54, 1.807) is 0 Å². The van der Waals surface area contributed by atoms with E-state index in [1.165, 1.54) is 94.1 Å². The largest absolute Gasteiger partial charge is 0.508 e. The van der Waals surface area contributed by atoms with Gasteiger partial charge in [0.05, 0.1) is 14.8 Å². The molecule has 0 aliphatic carbocycles. The van der Waals surface area contributed by atoms with E-state index in [0.29, 0.717) is 0 Å². The molecule has 358 valence electrons. The number of benzene rings is 3. The van der Waals surface area contributed by atoms with Gasteiger partial charge in [0.15, 0.2) is 19.8 Å². The third kappa shape index (κ3) is 31.7. The van der Waals surface area contributed by atoms with Crippen molar-refractivity contribution < 1.29 is 106 Å². The number of nitrogens with zero attached hydrogens (tertiary/aromatic N) is 3. The molecule has 0 amide bonds. The molecule has 0 aliphatic rings. The summed E-state index contributed by atoms with van der Waals surface area (Å²) in [5.74, 6) is -4.79. The minimum Gasteiger partial charge on any atom is -0.508 e. The number of hydrogen-bond acceptors (Lipinski definition) is 24. The third-order valence-electron chi connectivity index (χ3n) is 5.94. The first kappa shape index (κ1) is 59.3. The number of phenolic OH excluding ortho intramolecular Hbond substituents is 1. The molecule has 0 atom stereocenters. The first-order valence-corrected chi connectivity index (χ1v) is 17.1. The monoisotopic (exact) mass is 931 g/mol. The Morgan fingerprint density at radius 1 is 0.462 bits per heavy atom. The van der Waals surface area contributed by atoms with Crippen LogP contribution in [-0.4, -0.2) is 142 Å². The molecule has 28 nitrogen and oxygen atoms in total. The van der Waals surface area contributed by atoms with Crippen LogP contribution in [0.25, 0.3) is 0 Å². The van der Waals surface area contributed by atoms with Crippen LogP contribution in [0.2, 0.25) is 0 Å². The van der Waals surface area contributed by atoms with Crippen molar-refractivity contribution in [2.45, 2.75) is 7.43 Å². The summed E-state index contributed by atoms with van der Waals surface area (Å²) < 4.78 is 50.6. The number of ether oxygens (including phenoxy) is 11. The van der Waals surface area contributed by atoms with Gasteiger partial charge in [-0.25, -0.2) is 28.8 Å². The van der Waals surface area contributed by atoms with Gasteiger partial charge in [-0.2, -0.15) is 0 Å². The molecule has 0 aliphatic heterocycles. The summed E-state index contributed by atoms with van der Waals surface area (Å²) in [4.78, 5) is 94.6. The van der Waals surface area contributed by atoms with Crippen LogP contribution in [0.3, 0.4) is 0 Å². The lowest BCUT2D eigenvalue weighted by Crippen LogP contribution is -2.21. The van der Waals surface area contributed by atoms with Crippen LogP contribution < -0.4 is 9.47 Å². The van der Waals surface area contributed by atoms with Crippen LogP contribution in [-0.2, 0) is 71.4 Å². The van der Waals surface area contributed by atoms with Gasteiger partial charge in [-0.05, 0) is 36.4 Å². The van der Waals surface area contributed by atoms with Crippen molar-refractivity contribution in [3.63, 3.8) is 0 Å². The molecular formula is C37H45N3O25. The van der Waals surface area contributed by atoms with Gasteiger partial charge in [-0.15, -0.1) is 0 Å². The Hall–Kier alpha value is -7.76. The molecule has 0 radical (unpaired) electrons. The highest BCUT2D eigenvalue weighted by atomic mass is 16.7. The second-order valence-corrected chi connectivity index (χ2v) is 10.9. The van der Waals surface area contributed by atoms with E-state index in [4.69, 9.17) is 29.2 Å². The first-order chi connectivity index (χ1) is 30.4. The Bertz CT molecular complexity index is 1830. The zero-order valence-corrected chi connectivity index (χ0v) is 33.9. The van der Waals surface area contributed by atoms with Crippen molar-refractivity contribution in [2.24, 2.45) is 0 Å². The number of nitro groups is 3. The van der Waals surface area contributed by atoms with Crippen LogP contribution in [0.5, 0.6) is 17.2 Å². The lowest BCUT2D eigenvalue weighted by atomic mass is 10.3. The summed E-state index contributed by atoms with van der Waals surface area (Å²) in [6, 6.07) is 14.8. The first-order valence-electron chi connectivity index (χ1n) is 17.1. The molecule has 0 fully saturated rings. The van der Waals surface area contributed by atoms with E-state index in [0.717, 1.165) is 0 Å². The smallest absolute Gasteiger partial charge is 0.349 e. The number of carboxylic acid groups (broad SMARTS) is 1. The number of carbonyl (C=O) groups excluding carboxylic acids is 5. The van der Waals surface area contributed by atoms with E-state index < -0.39 is 70.4 Å². The third-order valence-corrected chi connectivity index (χ3v) is 5.94. The molecule has 3 aromatic rings. The van der Waals surface area contributed by atoms with Crippen LogP contribution in [0.1, 0.15) is 7.43 Å². The van der Waals surface area contributed by atoms with E-state index in [9.17, 15) is 59.1 Å². The predicted octanol–water partition coefficient (Wildman–Crippen LogP) is 2.50. The summed E-state index contributed by atoms with van der Waals surface area (Å²) in [7, 11) is 4.20. The maximum absolute atomic E-state index is 11.4. The highest BCUT2D eigenvalue weighted by Gasteiger charge is 2.13. The van der Waals surface area contributed by atoms with Gasteiger partial charge in [0.1, 0.15) is 57.4 Å². The molecule has 0 saturated heterocycles. The Morgan fingerprint density at radius 3 is 1.00 bits per heavy atom. The number of rotatable bonds is 23. The van der Waals surface area contributed by atoms with Gasteiger partial charge in [-0.1, -0.05) is 7.43 Å². The van der Waals surface area contributed by atoms with Gasteiger partial charge in [0.25, 0.3) is 17.1 Å². The summed E-state index contributed by atoms with van der Waals surface area (Å²) in [6.45, 7) is -2.99. The molecule has 65 heavy (non-hydrogen) atoms. The molecule has 0 unspecified atom stereocenters. The summed E-state index contributed by atoms with van der Waals surface area (Å²) >= 11 is 0. The van der Waals surface area contributed by atoms with E-state index in [-0.39, 0.29) is 81.9 Å². The van der Waals surface area contributed by atoms with Gasteiger partial charge in [0.2, 0.25) is 0 Å². The van der Waals surface area contributed by atoms with Crippen molar-refractivity contribution >= 4 is 52.9 Å². The maximum atomic E-state index is 11.4. The quantitative estimate of drug-likeness (QED) is 0.0262. The summed E-state index contributed by atoms with van der Waals surface area (Å²) in [5.41, 5.74) is -0.272. The minimum atomic E-state index is -1.20. The summed E-state index contributed by atoms with van der Waals surface area (Å²) in [5, 5.41) is 47.7. The number of carbonyl (C=O) groups is 6. The highest BCUT2D eigenvalue weighted by Crippen LogP contribution is 2.19. The van der Waals surface area contributed by atoms with E-state index in [1.807, 2.05) is 0 Å². The fourth-order valence-corrected chi connectivity index (χ4v) is 3.34. The molecule has 3 rings (SSSR count). The van der Waals surface area contributed by atoms with Crippen molar-refractivity contribution in [3.8, 4) is 17.2 Å². The molecule has 0 bridgehead atoms. The fourth-order valence-electron chi connectivity index (χ4n) is 3.34. The molecule has 2 N–H and O–H groups in total. The summed E-state index contributed by atoms with van der Waals surface area (Å²) in [6.07, 6.45) is 0. The van der Waals surface area contributed by atoms with Gasteiger partial charge in [0, 0.05) is 57.7 Å². The lowest BCUT2D eigenvalue weighted by molar-refractivity contribution is -0.385. The fraction of sp³-hybridized carbons (Fsp3) is 0.351. The van der Waals surface area contributed by atoms with Crippen LogP contribution in [0, 0.1) is 30.3 Å². The highest BCUT2D eigenvalue weighted by molar-refractivity contribution is 5.79. The Morgan fingerprint density at radius 2 is 0.738 bits per heavy atom. The molecule has 0 saturated carbocycles. The number of aliphatic carboxylic acids is 1. The Labute approximate surface area is 367 Å². The molecule has 0 aromatic heterocycles. The second-order valence-electron chi connectivity index (χ2n) is 10.9. The number of methoxy groups -OCH3 is 3. The second kappa shape index (κ2) is 35.8. The van der Waals surface area contributed by atoms with E-state index in [2.05, 4.69) is 33.2 Å². The minimum absolute atomic E-state index is 0. The van der Waals surface area contributed by atoms with Gasteiger partial charge in [-0.3, -0.25) is 30.3 Å². The van der Waals surface area contributed by atoms with Crippen LogP contribution in [0.15, 0.2) is 72.8 Å². The molecular weight excluding hydrogens is 886 g/mol. The number of carboxylic acids is 1. The van der Waals surface area contributed by atoms with Crippen LogP contribution >= 0.6 is 0 Å². The molecule has 3 aromatic carbocycles. The Kier molecular flexibility index (Phi) is 32.7. The standard InChI is InChI=1S/2C12H13NO8.C6H5NO3.C6H10O6.CH4/c2*1-18-8-19-6-11(14)20-7-12(15)21-10-4-2-9(3-5-10)13(16)17;8-6-3-1-5(2-4-6)7(9)10;1-10-4-11-3-6(9)12-2-5(7)8;/h2*2-5H,6-8H2,1H3;1-4,8H;2-4H2,1H3,(H,7,8);1H4. The lowest BCUT2D eigenvalue weighted by Gasteiger charge is -2.06. The van der Waals surface area contributed by atoms with Gasteiger partial charge < -0.3 is 62.3 Å². The van der Waals surface area contributed by atoms with Crippen molar-refractivity contribution in [1.29, 1.82) is 0 Å². The Balaban J connectivity index is 0. The zero-order valence-electron chi connectivity index (χ0n) is 33.9. The van der Waals surface area contributed by atoms with Crippen LogP contribution in [0.4, 0.5) is 17.1 Å². The van der Waals surface area contributed by atoms with Crippen molar-refractivity contribution in [3.05, 3.63) is 103 Å². The SMILES string of the molecule is C.COCOCC(=O)OCC(=O)O.COCOCC(=O)OCC(=O)Oc1ccc([N+](=O)[O-])cc1.COCOCC(=O)OCC(=O)Oc1ccc([N+](=O)[O-])cc1.O=[N+]([O-])c1ccc(O)cc1. The molecule has 28 heteroatoms. The van der Waals surface area contributed by atoms with Crippen molar-refractivity contribution in [2.75, 3.05) is 81.3 Å². The molecule has 0 heterocycles. The topological polar surface area (TPSA) is 374 Å². The average molecular weight is 932 g/mol. The van der Waals surface area contributed by atoms with Crippen molar-refractivity contribution in [1.82, 2.24) is 0 Å². The maximum Gasteiger partial charge on any atom is 0.349 e.